The molecule has 0 aliphatic carbocycles. The summed E-state index contributed by atoms with van der Waals surface area (Å²) in [6, 6.07) is -2.27. The third-order valence-corrected chi connectivity index (χ3v) is 2.49. The molecule has 1 N–H and O–H groups in total. The van der Waals surface area contributed by atoms with Crippen molar-refractivity contribution in [3.63, 3.8) is 0 Å². The zero-order valence-electron chi connectivity index (χ0n) is 16.3. The summed E-state index contributed by atoms with van der Waals surface area (Å²) in [7, 11) is 0. The fourth-order valence-corrected chi connectivity index (χ4v) is 1.62. The third-order valence-electron chi connectivity index (χ3n) is 2.49. The molecule has 1 fully saturated rings. The number of hydrogen-bond donors (Lipinski definition) is 1. The van der Waals surface area contributed by atoms with Gasteiger partial charge in [-0.3, -0.25) is 0 Å². The normalized spacial score (nSPS) is 23.3. The molecule has 1 aromatic carbocycles. The van der Waals surface area contributed by atoms with E-state index in [9.17, 15) is 4.79 Å². The van der Waals surface area contributed by atoms with Crippen molar-refractivity contribution in [3.8, 4) is 0 Å². The van der Waals surface area contributed by atoms with Gasteiger partial charge < -0.3 is 14.8 Å². The minimum atomic E-state index is -0.657. The number of carbonyl (C=O) groups is 1. The Hall–Kier alpha value is -1.55. The van der Waals surface area contributed by atoms with Crippen molar-refractivity contribution >= 4 is 6.09 Å². The molecule has 0 radical (unpaired) electrons. The standard InChI is InChI=1S/C15H21NO3/c1-15(2,3)19-14(17)16-12(13-10-18-13)9-11-7-5-4-6-8-11/h4-8,12-13H,9-10H2,1-3H3,(H,16,17)/t12?,13-/m0/s1/i4D,5D,6D,7D,8D. The fraction of sp³-hybridized carbons (Fsp3) is 0.533. The molecule has 0 saturated carbocycles. The molecular weight excluding hydrogens is 242 g/mol. The van der Waals surface area contributed by atoms with Crippen LogP contribution in [0.5, 0.6) is 0 Å². The summed E-state index contributed by atoms with van der Waals surface area (Å²) in [5, 5.41) is 2.67. The summed E-state index contributed by atoms with van der Waals surface area (Å²) in [5.41, 5.74) is -0.506. The van der Waals surface area contributed by atoms with Gasteiger partial charge >= 0.3 is 6.09 Å². The SMILES string of the molecule is [2H]c1c([2H])c([2H])c(CC(NC(=O)OC(C)(C)C)[C@@H]2CO2)c([2H])c1[2H]. The third kappa shape index (κ3) is 4.91. The van der Waals surface area contributed by atoms with E-state index in [0.29, 0.717) is 6.61 Å². The van der Waals surface area contributed by atoms with Crippen LogP contribution in [0.25, 0.3) is 0 Å². The Morgan fingerprint density at radius 3 is 2.68 bits per heavy atom. The molecule has 1 aromatic rings. The lowest BCUT2D eigenvalue weighted by Crippen LogP contribution is -2.43. The molecular formula is C15H21NO3. The van der Waals surface area contributed by atoms with Gasteiger partial charge in [0.1, 0.15) is 11.7 Å². The van der Waals surface area contributed by atoms with E-state index in [2.05, 4.69) is 5.32 Å². The van der Waals surface area contributed by atoms with E-state index in [1.54, 1.807) is 20.8 Å². The van der Waals surface area contributed by atoms with Crippen LogP contribution in [0, 0.1) is 0 Å². The van der Waals surface area contributed by atoms with Crippen LogP contribution in [0.4, 0.5) is 4.79 Å². The van der Waals surface area contributed by atoms with Gasteiger partial charge in [0.25, 0.3) is 0 Å². The molecule has 2 atom stereocenters. The van der Waals surface area contributed by atoms with Gasteiger partial charge in [0.05, 0.1) is 19.5 Å². The first-order valence-electron chi connectivity index (χ1n) is 8.68. The molecule has 2 rings (SSSR count). The van der Waals surface area contributed by atoms with E-state index in [0.717, 1.165) is 0 Å². The number of nitrogens with one attached hydrogen (secondary N) is 1. The number of benzene rings is 1. The summed E-state index contributed by atoms with van der Waals surface area (Å²) < 4.78 is 49.4. The predicted octanol–water partition coefficient (Wildman–Crippen LogP) is 2.52. The maximum Gasteiger partial charge on any atom is 0.407 e. The highest BCUT2D eigenvalue weighted by Gasteiger charge is 2.34. The van der Waals surface area contributed by atoms with Crippen LogP contribution in [0.2, 0.25) is 0 Å². The number of alkyl carbamates (subject to hydrolysis) is 1. The van der Waals surface area contributed by atoms with Crippen molar-refractivity contribution in [2.24, 2.45) is 0 Å². The lowest BCUT2D eigenvalue weighted by Gasteiger charge is -2.23. The topological polar surface area (TPSA) is 50.9 Å². The molecule has 4 nitrogen and oxygen atoms in total. The van der Waals surface area contributed by atoms with E-state index < -0.39 is 35.9 Å². The van der Waals surface area contributed by atoms with Gasteiger partial charge in [-0.25, -0.2) is 4.79 Å². The van der Waals surface area contributed by atoms with E-state index in [1.165, 1.54) is 0 Å². The van der Waals surface area contributed by atoms with Crippen molar-refractivity contribution in [1.29, 1.82) is 0 Å². The minimum absolute atomic E-state index is 0.0691. The van der Waals surface area contributed by atoms with Crippen LogP contribution < -0.4 is 5.32 Å². The molecule has 1 amide bonds. The number of amides is 1. The average molecular weight is 268 g/mol. The van der Waals surface area contributed by atoms with Crippen molar-refractivity contribution < 1.29 is 21.1 Å². The Morgan fingerprint density at radius 1 is 1.53 bits per heavy atom. The smallest absolute Gasteiger partial charge is 0.407 e. The highest BCUT2D eigenvalue weighted by molar-refractivity contribution is 5.68. The molecule has 0 bridgehead atoms. The van der Waals surface area contributed by atoms with Gasteiger partial charge in [0.15, 0.2) is 0 Å². The fourth-order valence-electron chi connectivity index (χ4n) is 1.62. The predicted molar refractivity (Wildman–Crippen MR) is 73.0 cm³/mol. The number of epoxide rings is 1. The Balaban J connectivity index is 2.22. The first-order chi connectivity index (χ1) is 11.0. The molecule has 4 heteroatoms. The zero-order chi connectivity index (χ0) is 18.2. The van der Waals surface area contributed by atoms with E-state index in [4.69, 9.17) is 16.3 Å². The second kappa shape index (κ2) is 5.61. The molecule has 0 aromatic heterocycles. The van der Waals surface area contributed by atoms with Crippen molar-refractivity contribution in [1.82, 2.24) is 5.32 Å². The van der Waals surface area contributed by atoms with E-state index in [-0.39, 0.29) is 30.2 Å². The van der Waals surface area contributed by atoms with Crippen LogP contribution >= 0.6 is 0 Å². The van der Waals surface area contributed by atoms with Crippen LogP contribution in [-0.4, -0.2) is 30.4 Å². The Bertz CT molecular complexity index is 626. The highest BCUT2D eigenvalue weighted by Crippen LogP contribution is 2.18. The molecule has 1 heterocycles. The maximum absolute atomic E-state index is 12.0. The van der Waals surface area contributed by atoms with Gasteiger partial charge in [-0.1, -0.05) is 30.2 Å². The van der Waals surface area contributed by atoms with E-state index in [1.807, 2.05) is 0 Å². The summed E-state index contributed by atoms with van der Waals surface area (Å²) in [6.07, 6.45) is -0.815. The van der Waals surface area contributed by atoms with Crippen molar-refractivity contribution in [3.05, 3.63) is 35.8 Å². The van der Waals surface area contributed by atoms with Crippen LogP contribution in [0.15, 0.2) is 30.2 Å². The Labute approximate surface area is 121 Å². The largest absolute Gasteiger partial charge is 0.444 e. The van der Waals surface area contributed by atoms with Gasteiger partial charge in [0, 0.05) is 0 Å². The summed E-state index contributed by atoms with van der Waals surface area (Å²) >= 11 is 0. The minimum Gasteiger partial charge on any atom is -0.444 e. The van der Waals surface area contributed by atoms with Crippen molar-refractivity contribution in [2.75, 3.05) is 6.61 Å². The van der Waals surface area contributed by atoms with Crippen LogP contribution in [0.1, 0.15) is 33.2 Å². The molecule has 104 valence electrons. The average Bonchev–Trinajstić information content (AvgIpc) is 3.29. The maximum atomic E-state index is 12.0. The van der Waals surface area contributed by atoms with Gasteiger partial charge in [0.2, 0.25) is 0 Å². The van der Waals surface area contributed by atoms with Gasteiger partial charge in [-0.15, -0.1) is 0 Å². The first-order valence-corrected chi connectivity index (χ1v) is 6.18. The zero-order valence-corrected chi connectivity index (χ0v) is 11.3. The highest BCUT2D eigenvalue weighted by atomic mass is 16.6. The summed E-state index contributed by atoms with van der Waals surface area (Å²) in [4.78, 5) is 12.0. The summed E-state index contributed by atoms with van der Waals surface area (Å²) in [5.74, 6) is 0. The second-order valence-corrected chi connectivity index (χ2v) is 5.43. The quantitative estimate of drug-likeness (QED) is 0.854. The van der Waals surface area contributed by atoms with Crippen LogP contribution in [0.3, 0.4) is 0 Å². The lowest BCUT2D eigenvalue weighted by atomic mass is 10.0. The van der Waals surface area contributed by atoms with Crippen LogP contribution in [-0.2, 0) is 15.9 Å². The molecule has 0 spiro atoms. The molecule has 1 aliphatic heterocycles. The molecule has 1 aliphatic rings. The Morgan fingerprint density at radius 2 is 2.16 bits per heavy atom. The number of ether oxygens (including phenoxy) is 2. The van der Waals surface area contributed by atoms with E-state index >= 15 is 0 Å². The first kappa shape index (κ1) is 8.59. The molecule has 1 unspecified atom stereocenters. The lowest BCUT2D eigenvalue weighted by molar-refractivity contribution is 0.0495. The van der Waals surface area contributed by atoms with Gasteiger partial charge in [-0.2, -0.15) is 0 Å². The number of hydrogen-bond acceptors (Lipinski definition) is 3. The van der Waals surface area contributed by atoms with Gasteiger partial charge in [-0.05, 0) is 32.8 Å². The molecule has 1 saturated heterocycles. The Kier molecular flexibility index (Phi) is 2.54. The van der Waals surface area contributed by atoms with Crippen molar-refractivity contribution in [2.45, 2.75) is 44.9 Å². The second-order valence-electron chi connectivity index (χ2n) is 5.43. The monoisotopic (exact) mass is 268 g/mol. The number of rotatable bonds is 4. The summed E-state index contributed by atoms with van der Waals surface area (Å²) in [6.45, 7) is 5.67. The molecule has 19 heavy (non-hydrogen) atoms. The number of carbonyl (C=O) groups excluding carboxylic acids is 1.